The quantitative estimate of drug-likeness (QED) is 0.468. The molecule has 0 saturated carbocycles. The number of aliphatic hydroxyl groups is 1. The van der Waals surface area contributed by atoms with Crippen molar-refractivity contribution in [3.05, 3.63) is 47.5 Å². The average molecular weight is 397 g/mol. The van der Waals surface area contributed by atoms with Crippen molar-refractivity contribution in [2.24, 2.45) is 0 Å². The number of aliphatic hydroxyl groups excluding tert-OH is 1. The molecule has 0 aliphatic heterocycles. The number of aromatic nitrogens is 3. The normalized spacial score (nSPS) is 13.0. The number of phenolic OH excluding ortho intramolecular Hbond substituents is 1. The molecule has 0 aliphatic carbocycles. The second kappa shape index (κ2) is 8.31. The van der Waals surface area contributed by atoms with Crippen LogP contribution >= 0.6 is 0 Å². The highest BCUT2D eigenvalue weighted by atomic mass is 16.5. The fourth-order valence-electron chi connectivity index (χ4n) is 3.03. The number of benzene rings is 2. The molecular formula is C22H27N3O4. The summed E-state index contributed by atoms with van der Waals surface area (Å²) in [6.07, 6.45) is -0.396. The zero-order valence-electron chi connectivity index (χ0n) is 17.2. The number of ketones is 1. The number of phenols is 1. The summed E-state index contributed by atoms with van der Waals surface area (Å²) in [7, 11) is 0. The summed E-state index contributed by atoms with van der Waals surface area (Å²) in [5.74, 6) is -0.0567. The monoisotopic (exact) mass is 397 g/mol. The maximum atomic E-state index is 12.8. The summed E-state index contributed by atoms with van der Waals surface area (Å²) in [5.41, 5.74) is 2.49. The molecule has 0 saturated heterocycles. The SMILES string of the molecule is CC(O)COCCC(=O)c1cc(-n2nc3ccccc3n2)c(O)c(C(C)(C)C)c1. The third-order valence-electron chi connectivity index (χ3n) is 4.55. The first-order valence-corrected chi connectivity index (χ1v) is 9.66. The van der Waals surface area contributed by atoms with E-state index in [4.69, 9.17) is 4.74 Å². The Morgan fingerprint density at radius 2 is 1.79 bits per heavy atom. The molecule has 29 heavy (non-hydrogen) atoms. The zero-order valence-corrected chi connectivity index (χ0v) is 17.2. The van der Waals surface area contributed by atoms with E-state index >= 15 is 0 Å². The number of fused-ring (bicyclic) bond motifs is 1. The highest BCUT2D eigenvalue weighted by Gasteiger charge is 2.24. The van der Waals surface area contributed by atoms with Gasteiger partial charge in [-0.3, -0.25) is 4.79 Å². The lowest BCUT2D eigenvalue weighted by atomic mass is 9.84. The number of rotatable bonds is 7. The van der Waals surface area contributed by atoms with E-state index in [2.05, 4.69) is 10.2 Å². The van der Waals surface area contributed by atoms with Crippen LogP contribution in [0.25, 0.3) is 16.7 Å². The molecule has 3 aromatic rings. The molecule has 1 heterocycles. The van der Waals surface area contributed by atoms with Crippen LogP contribution in [0.1, 0.15) is 50.0 Å². The second-order valence-electron chi connectivity index (χ2n) is 8.22. The number of carbonyl (C=O) groups excluding carboxylic acids is 1. The molecule has 0 fully saturated rings. The fraction of sp³-hybridized carbons (Fsp3) is 0.409. The number of ether oxygens (including phenoxy) is 1. The van der Waals surface area contributed by atoms with Crippen molar-refractivity contribution in [3.8, 4) is 11.4 Å². The Kier molecular flexibility index (Phi) is 6.00. The Hall–Kier alpha value is -2.77. The van der Waals surface area contributed by atoms with Crippen molar-refractivity contribution in [3.63, 3.8) is 0 Å². The molecule has 154 valence electrons. The summed E-state index contributed by atoms with van der Waals surface area (Å²) in [6, 6.07) is 10.8. The molecule has 0 bridgehead atoms. The Bertz CT molecular complexity index is 986. The molecule has 1 atom stereocenters. The van der Waals surface area contributed by atoms with Gasteiger partial charge in [-0.1, -0.05) is 32.9 Å². The number of hydrogen-bond acceptors (Lipinski definition) is 6. The third-order valence-corrected chi connectivity index (χ3v) is 4.55. The van der Waals surface area contributed by atoms with Crippen molar-refractivity contribution in [2.75, 3.05) is 13.2 Å². The largest absolute Gasteiger partial charge is 0.505 e. The average Bonchev–Trinajstić information content (AvgIpc) is 3.08. The smallest absolute Gasteiger partial charge is 0.165 e. The first kappa shape index (κ1) is 21.0. The first-order chi connectivity index (χ1) is 13.7. The maximum absolute atomic E-state index is 12.8. The van der Waals surface area contributed by atoms with Crippen LogP contribution in [-0.4, -0.2) is 50.3 Å². The number of Topliss-reactive ketones (excluding diaryl/α,β-unsaturated/α-hetero) is 1. The highest BCUT2D eigenvalue weighted by Crippen LogP contribution is 2.36. The molecule has 0 aliphatic rings. The van der Waals surface area contributed by atoms with E-state index in [0.29, 0.717) is 27.8 Å². The Labute approximate surface area is 169 Å². The molecule has 2 N–H and O–H groups in total. The number of hydrogen-bond donors (Lipinski definition) is 2. The van der Waals surface area contributed by atoms with E-state index < -0.39 is 6.10 Å². The third kappa shape index (κ3) is 4.81. The summed E-state index contributed by atoms with van der Waals surface area (Å²) < 4.78 is 5.31. The Morgan fingerprint density at radius 3 is 2.34 bits per heavy atom. The van der Waals surface area contributed by atoms with Crippen LogP contribution in [-0.2, 0) is 10.2 Å². The molecule has 0 spiro atoms. The van der Waals surface area contributed by atoms with Crippen molar-refractivity contribution < 1.29 is 19.7 Å². The van der Waals surface area contributed by atoms with Gasteiger partial charge in [0.1, 0.15) is 22.5 Å². The second-order valence-corrected chi connectivity index (χ2v) is 8.22. The van der Waals surface area contributed by atoms with Gasteiger partial charge in [0.15, 0.2) is 5.78 Å². The number of nitrogens with zero attached hydrogens (tertiary/aromatic N) is 3. The number of carbonyl (C=O) groups is 1. The van der Waals surface area contributed by atoms with Crippen LogP contribution in [0.15, 0.2) is 36.4 Å². The van der Waals surface area contributed by atoms with E-state index in [1.165, 1.54) is 4.80 Å². The minimum atomic E-state index is -0.571. The van der Waals surface area contributed by atoms with E-state index in [9.17, 15) is 15.0 Å². The van der Waals surface area contributed by atoms with Gasteiger partial charge >= 0.3 is 0 Å². The van der Waals surface area contributed by atoms with Gasteiger partial charge in [-0.25, -0.2) is 0 Å². The molecular weight excluding hydrogens is 370 g/mol. The predicted molar refractivity (Wildman–Crippen MR) is 111 cm³/mol. The van der Waals surface area contributed by atoms with Crippen molar-refractivity contribution in [2.45, 2.75) is 45.6 Å². The van der Waals surface area contributed by atoms with Crippen LogP contribution in [0.2, 0.25) is 0 Å². The molecule has 7 nitrogen and oxygen atoms in total. The van der Waals surface area contributed by atoms with Gasteiger partial charge in [0.05, 0.1) is 19.3 Å². The van der Waals surface area contributed by atoms with Gasteiger partial charge in [-0.05, 0) is 36.6 Å². The molecule has 0 radical (unpaired) electrons. The van der Waals surface area contributed by atoms with Crippen LogP contribution < -0.4 is 0 Å². The van der Waals surface area contributed by atoms with Crippen molar-refractivity contribution in [1.82, 2.24) is 15.0 Å². The maximum Gasteiger partial charge on any atom is 0.165 e. The van der Waals surface area contributed by atoms with Gasteiger partial charge < -0.3 is 14.9 Å². The van der Waals surface area contributed by atoms with E-state index in [1.54, 1.807) is 19.1 Å². The molecule has 3 rings (SSSR count). The summed E-state index contributed by atoms with van der Waals surface area (Å²) in [5, 5.41) is 29.1. The lowest BCUT2D eigenvalue weighted by molar-refractivity contribution is 0.0437. The summed E-state index contributed by atoms with van der Waals surface area (Å²) in [4.78, 5) is 14.1. The Morgan fingerprint density at radius 1 is 1.17 bits per heavy atom. The topological polar surface area (TPSA) is 97.5 Å². The van der Waals surface area contributed by atoms with E-state index in [1.807, 2.05) is 45.0 Å². The standard InChI is InChI=1S/C22H27N3O4/c1-14(26)13-29-10-9-20(27)15-11-16(22(2,3)4)21(28)19(12-15)25-23-17-7-5-6-8-18(17)24-25/h5-8,11-12,14,26,28H,9-10,13H2,1-4H3. The van der Waals surface area contributed by atoms with Gasteiger partial charge in [0, 0.05) is 17.5 Å². The van der Waals surface area contributed by atoms with Crippen LogP contribution in [0.3, 0.4) is 0 Å². The van der Waals surface area contributed by atoms with Crippen LogP contribution in [0.4, 0.5) is 0 Å². The molecule has 1 unspecified atom stereocenters. The van der Waals surface area contributed by atoms with Gasteiger partial charge in [0.25, 0.3) is 0 Å². The molecule has 1 aromatic heterocycles. The Balaban J connectivity index is 1.99. The summed E-state index contributed by atoms with van der Waals surface area (Å²) >= 11 is 0. The van der Waals surface area contributed by atoms with E-state index in [0.717, 1.165) is 0 Å². The fourth-order valence-corrected chi connectivity index (χ4v) is 3.03. The van der Waals surface area contributed by atoms with Crippen LogP contribution in [0, 0.1) is 0 Å². The lowest BCUT2D eigenvalue weighted by Gasteiger charge is -2.22. The lowest BCUT2D eigenvalue weighted by Crippen LogP contribution is -2.16. The minimum Gasteiger partial charge on any atom is -0.505 e. The van der Waals surface area contributed by atoms with Gasteiger partial charge in [0.2, 0.25) is 0 Å². The van der Waals surface area contributed by atoms with Gasteiger partial charge in [-0.2, -0.15) is 0 Å². The molecule has 7 heteroatoms. The van der Waals surface area contributed by atoms with Crippen molar-refractivity contribution in [1.29, 1.82) is 0 Å². The first-order valence-electron chi connectivity index (χ1n) is 9.66. The molecule has 2 aromatic carbocycles. The summed E-state index contributed by atoms with van der Waals surface area (Å²) in [6.45, 7) is 7.95. The zero-order chi connectivity index (χ0) is 21.2. The van der Waals surface area contributed by atoms with E-state index in [-0.39, 0.29) is 36.6 Å². The minimum absolute atomic E-state index is 0.0553. The highest BCUT2D eigenvalue weighted by molar-refractivity contribution is 5.97. The number of aromatic hydroxyl groups is 1. The molecule has 0 amide bonds. The van der Waals surface area contributed by atoms with Crippen molar-refractivity contribution >= 4 is 16.8 Å². The van der Waals surface area contributed by atoms with Crippen LogP contribution in [0.5, 0.6) is 5.75 Å². The van der Waals surface area contributed by atoms with Gasteiger partial charge in [-0.15, -0.1) is 15.0 Å². The predicted octanol–water partition coefficient (Wildman–Crippen LogP) is 3.39.